The summed E-state index contributed by atoms with van der Waals surface area (Å²) in [5.74, 6) is 1.86. The van der Waals surface area contributed by atoms with Gasteiger partial charge in [0.15, 0.2) is 0 Å². The van der Waals surface area contributed by atoms with Crippen LogP contribution in [-0.2, 0) is 6.54 Å². The quantitative estimate of drug-likeness (QED) is 0.875. The fourth-order valence-corrected chi connectivity index (χ4v) is 1.70. The van der Waals surface area contributed by atoms with E-state index in [1.165, 1.54) is 0 Å². The molecule has 0 atom stereocenters. The van der Waals surface area contributed by atoms with Crippen LogP contribution in [0.25, 0.3) is 11.4 Å². The third-order valence-corrected chi connectivity index (χ3v) is 2.63. The zero-order valence-corrected chi connectivity index (χ0v) is 10.2. The third-order valence-electron chi connectivity index (χ3n) is 2.63. The summed E-state index contributed by atoms with van der Waals surface area (Å²) in [5.41, 5.74) is 8.45. The monoisotopic (exact) mass is 233 g/mol. The van der Waals surface area contributed by atoms with Crippen LogP contribution in [0.2, 0.25) is 0 Å². The Morgan fingerprint density at radius 3 is 2.65 bits per heavy atom. The van der Waals surface area contributed by atoms with E-state index in [0.29, 0.717) is 11.7 Å². The molecule has 5 nitrogen and oxygen atoms in total. The van der Waals surface area contributed by atoms with E-state index in [4.69, 9.17) is 15.0 Å². The van der Waals surface area contributed by atoms with E-state index in [2.05, 4.69) is 10.1 Å². The average molecular weight is 233 g/mol. The van der Waals surface area contributed by atoms with E-state index in [9.17, 15) is 0 Å². The number of benzene rings is 1. The molecule has 1 aromatic carbocycles. The largest absolute Gasteiger partial charge is 0.496 e. The second kappa shape index (κ2) is 4.55. The Morgan fingerprint density at radius 2 is 2.06 bits per heavy atom. The highest BCUT2D eigenvalue weighted by Gasteiger charge is 2.12. The van der Waals surface area contributed by atoms with Crippen LogP contribution in [0.5, 0.6) is 5.75 Å². The van der Waals surface area contributed by atoms with Crippen LogP contribution in [0.15, 0.2) is 16.7 Å². The van der Waals surface area contributed by atoms with E-state index >= 15 is 0 Å². The van der Waals surface area contributed by atoms with Gasteiger partial charge in [0.25, 0.3) is 0 Å². The summed E-state index contributed by atoms with van der Waals surface area (Å²) in [4.78, 5) is 4.21. The summed E-state index contributed by atoms with van der Waals surface area (Å²) in [5, 5.41) is 3.91. The average Bonchev–Trinajstić information content (AvgIpc) is 2.80. The smallest absolute Gasteiger partial charge is 0.240 e. The van der Waals surface area contributed by atoms with Crippen LogP contribution in [0.1, 0.15) is 17.0 Å². The molecule has 2 rings (SSSR count). The van der Waals surface area contributed by atoms with Gasteiger partial charge in [-0.25, -0.2) is 0 Å². The maximum absolute atomic E-state index is 5.44. The van der Waals surface area contributed by atoms with Gasteiger partial charge in [-0.05, 0) is 37.1 Å². The van der Waals surface area contributed by atoms with E-state index < -0.39 is 0 Å². The van der Waals surface area contributed by atoms with Gasteiger partial charge >= 0.3 is 0 Å². The minimum absolute atomic E-state index is 0.251. The molecule has 0 aliphatic carbocycles. The normalized spacial score (nSPS) is 10.6. The number of nitrogens with zero attached hydrogens (tertiary/aromatic N) is 2. The third kappa shape index (κ3) is 2.14. The maximum Gasteiger partial charge on any atom is 0.240 e. The summed E-state index contributed by atoms with van der Waals surface area (Å²) in [7, 11) is 1.66. The Hall–Kier alpha value is -1.88. The van der Waals surface area contributed by atoms with Gasteiger partial charge < -0.3 is 15.0 Å². The molecule has 5 heteroatoms. The molecule has 0 saturated heterocycles. The Kier molecular flexibility index (Phi) is 3.10. The second-order valence-electron chi connectivity index (χ2n) is 3.85. The fourth-order valence-electron chi connectivity index (χ4n) is 1.70. The maximum atomic E-state index is 5.44. The van der Waals surface area contributed by atoms with Crippen LogP contribution in [-0.4, -0.2) is 17.3 Å². The van der Waals surface area contributed by atoms with E-state index in [1.807, 2.05) is 26.0 Å². The number of rotatable bonds is 3. The van der Waals surface area contributed by atoms with Crippen LogP contribution < -0.4 is 10.5 Å². The lowest BCUT2D eigenvalue weighted by Gasteiger charge is -2.08. The Bertz CT molecular complexity index is 535. The van der Waals surface area contributed by atoms with Crippen molar-refractivity contribution in [1.82, 2.24) is 10.1 Å². The lowest BCUT2D eigenvalue weighted by atomic mass is 10.0. The van der Waals surface area contributed by atoms with Gasteiger partial charge in [-0.2, -0.15) is 4.98 Å². The summed E-state index contributed by atoms with van der Waals surface area (Å²) in [6.45, 7) is 4.21. The zero-order chi connectivity index (χ0) is 12.4. The number of aromatic nitrogens is 2. The lowest BCUT2D eigenvalue weighted by molar-refractivity contribution is 0.380. The minimum atomic E-state index is 0.251. The van der Waals surface area contributed by atoms with Crippen LogP contribution in [0.4, 0.5) is 0 Å². The molecule has 1 aromatic heterocycles. The molecular weight excluding hydrogens is 218 g/mol. The number of hydrogen-bond donors (Lipinski definition) is 1. The summed E-state index contributed by atoms with van der Waals surface area (Å²) < 4.78 is 10.3. The molecule has 1 heterocycles. The summed E-state index contributed by atoms with van der Waals surface area (Å²) in [6.07, 6.45) is 0. The van der Waals surface area contributed by atoms with E-state index in [1.54, 1.807) is 7.11 Å². The van der Waals surface area contributed by atoms with Crippen molar-refractivity contribution < 1.29 is 9.26 Å². The topological polar surface area (TPSA) is 74.2 Å². The van der Waals surface area contributed by atoms with E-state index in [-0.39, 0.29) is 6.54 Å². The molecule has 0 radical (unpaired) electrons. The fraction of sp³-hybridized carbons (Fsp3) is 0.333. The Morgan fingerprint density at radius 1 is 1.29 bits per heavy atom. The van der Waals surface area contributed by atoms with Crippen molar-refractivity contribution in [2.45, 2.75) is 20.4 Å². The molecule has 90 valence electrons. The molecule has 0 saturated carbocycles. The molecule has 0 fully saturated rings. The first-order chi connectivity index (χ1) is 8.15. The van der Waals surface area contributed by atoms with Crippen molar-refractivity contribution in [2.24, 2.45) is 5.73 Å². The van der Waals surface area contributed by atoms with Crippen molar-refractivity contribution in [1.29, 1.82) is 0 Å². The van der Waals surface area contributed by atoms with Gasteiger partial charge in [-0.3, -0.25) is 0 Å². The number of hydrogen-bond acceptors (Lipinski definition) is 5. The SMILES string of the molecule is COc1cc(C)c(-c2noc(CN)n2)cc1C. The first kappa shape index (κ1) is 11.6. The number of ether oxygens (including phenoxy) is 1. The molecule has 2 N–H and O–H groups in total. The van der Waals surface area contributed by atoms with Gasteiger partial charge in [0.1, 0.15) is 5.75 Å². The first-order valence-electron chi connectivity index (χ1n) is 5.34. The number of methoxy groups -OCH3 is 1. The van der Waals surface area contributed by atoms with Crippen molar-refractivity contribution in [3.63, 3.8) is 0 Å². The molecule has 0 aliphatic heterocycles. The molecule has 2 aromatic rings. The molecule has 0 aliphatic rings. The van der Waals surface area contributed by atoms with Crippen molar-refractivity contribution in [2.75, 3.05) is 7.11 Å². The van der Waals surface area contributed by atoms with Crippen molar-refractivity contribution >= 4 is 0 Å². The highest BCUT2D eigenvalue weighted by molar-refractivity contribution is 5.63. The van der Waals surface area contributed by atoms with Gasteiger partial charge in [0.2, 0.25) is 11.7 Å². The molecular formula is C12H15N3O2. The van der Waals surface area contributed by atoms with Gasteiger partial charge in [-0.1, -0.05) is 5.16 Å². The predicted molar refractivity (Wildman–Crippen MR) is 63.7 cm³/mol. The van der Waals surface area contributed by atoms with Gasteiger partial charge in [0, 0.05) is 5.56 Å². The summed E-state index contributed by atoms with van der Waals surface area (Å²) in [6, 6.07) is 3.95. The highest BCUT2D eigenvalue weighted by atomic mass is 16.5. The first-order valence-corrected chi connectivity index (χ1v) is 5.34. The summed E-state index contributed by atoms with van der Waals surface area (Å²) >= 11 is 0. The van der Waals surface area contributed by atoms with E-state index in [0.717, 1.165) is 22.4 Å². The Labute approximate surface area is 99.6 Å². The molecule has 0 unspecified atom stereocenters. The second-order valence-corrected chi connectivity index (χ2v) is 3.85. The predicted octanol–water partition coefficient (Wildman–Crippen LogP) is 1.82. The zero-order valence-electron chi connectivity index (χ0n) is 10.2. The van der Waals surface area contributed by atoms with Crippen LogP contribution in [0.3, 0.4) is 0 Å². The molecule has 17 heavy (non-hydrogen) atoms. The minimum Gasteiger partial charge on any atom is -0.496 e. The number of nitrogens with two attached hydrogens (primary N) is 1. The molecule has 0 amide bonds. The lowest BCUT2D eigenvalue weighted by Crippen LogP contribution is -1.96. The van der Waals surface area contributed by atoms with Crippen LogP contribution in [0, 0.1) is 13.8 Å². The van der Waals surface area contributed by atoms with Gasteiger partial charge in [-0.15, -0.1) is 0 Å². The Balaban J connectivity index is 2.48. The molecule has 0 bridgehead atoms. The number of aryl methyl sites for hydroxylation is 2. The van der Waals surface area contributed by atoms with Crippen molar-refractivity contribution in [3.05, 3.63) is 29.2 Å². The standard InChI is InChI=1S/C12H15N3O2/c1-7-5-10(16-3)8(2)4-9(7)12-14-11(6-13)17-15-12/h4-5H,6,13H2,1-3H3. The van der Waals surface area contributed by atoms with Gasteiger partial charge in [0.05, 0.1) is 13.7 Å². The van der Waals surface area contributed by atoms with Crippen molar-refractivity contribution in [3.8, 4) is 17.1 Å². The van der Waals surface area contributed by atoms with Crippen LogP contribution >= 0.6 is 0 Å². The highest BCUT2D eigenvalue weighted by Crippen LogP contribution is 2.28. The molecule has 0 spiro atoms.